The first-order chi connectivity index (χ1) is 12.8. The van der Waals surface area contributed by atoms with E-state index in [0.717, 1.165) is 30.0 Å². The van der Waals surface area contributed by atoms with Crippen LogP contribution >= 0.6 is 11.8 Å². The number of nitro benzene ring substituents is 1. The summed E-state index contributed by atoms with van der Waals surface area (Å²) in [6.45, 7) is 1.29. The van der Waals surface area contributed by atoms with Gasteiger partial charge in [0.1, 0.15) is 17.3 Å². The molecule has 7 nitrogen and oxygen atoms in total. The van der Waals surface area contributed by atoms with Crippen LogP contribution in [0.5, 0.6) is 0 Å². The summed E-state index contributed by atoms with van der Waals surface area (Å²) in [4.78, 5) is 34.1. The lowest BCUT2D eigenvalue weighted by Crippen LogP contribution is -2.30. The van der Waals surface area contributed by atoms with Crippen molar-refractivity contribution in [1.82, 2.24) is 0 Å². The number of esters is 1. The summed E-state index contributed by atoms with van der Waals surface area (Å²) in [6, 6.07) is 8.34. The third kappa shape index (κ3) is 5.74. The first-order valence-corrected chi connectivity index (χ1v) is 8.58. The van der Waals surface area contributed by atoms with E-state index in [9.17, 15) is 28.5 Å². The van der Waals surface area contributed by atoms with Crippen molar-refractivity contribution < 1.29 is 28.0 Å². The van der Waals surface area contributed by atoms with Crippen molar-refractivity contribution in [2.24, 2.45) is 0 Å². The zero-order valence-electron chi connectivity index (χ0n) is 14.0. The van der Waals surface area contributed by atoms with Crippen LogP contribution in [0.1, 0.15) is 6.92 Å². The number of para-hydroxylation sites is 2. The number of halogens is 2. The smallest absolute Gasteiger partial charge is 0.317 e. The van der Waals surface area contributed by atoms with Crippen molar-refractivity contribution in [3.05, 3.63) is 64.2 Å². The van der Waals surface area contributed by atoms with Gasteiger partial charge in [-0.1, -0.05) is 12.1 Å². The molecular weight excluding hydrogens is 382 g/mol. The molecule has 2 aromatic rings. The van der Waals surface area contributed by atoms with E-state index in [4.69, 9.17) is 4.74 Å². The molecule has 0 aromatic heterocycles. The fourth-order valence-electron chi connectivity index (χ4n) is 1.98. The number of carbonyl (C=O) groups excluding carboxylic acids is 2. The first-order valence-electron chi connectivity index (χ1n) is 7.59. The molecule has 1 amide bonds. The lowest BCUT2D eigenvalue weighted by atomic mass is 10.2. The maximum Gasteiger partial charge on any atom is 0.317 e. The average Bonchev–Trinajstić information content (AvgIpc) is 2.62. The molecule has 0 aliphatic carbocycles. The molecule has 0 unspecified atom stereocenters. The molecule has 0 aliphatic rings. The number of hydrogen-bond acceptors (Lipinski definition) is 6. The lowest BCUT2D eigenvalue weighted by molar-refractivity contribution is -0.383. The molecule has 2 rings (SSSR count). The number of amides is 1. The van der Waals surface area contributed by atoms with Crippen LogP contribution in [0.3, 0.4) is 0 Å². The maximum absolute atomic E-state index is 13.5. The Morgan fingerprint density at radius 2 is 1.96 bits per heavy atom. The van der Waals surface area contributed by atoms with E-state index in [0.29, 0.717) is 0 Å². The van der Waals surface area contributed by atoms with Crippen molar-refractivity contribution in [2.45, 2.75) is 17.9 Å². The first kappa shape index (κ1) is 20.3. The summed E-state index contributed by atoms with van der Waals surface area (Å²) in [7, 11) is 0. The average molecular weight is 396 g/mol. The van der Waals surface area contributed by atoms with Crippen LogP contribution in [-0.2, 0) is 14.3 Å². The van der Waals surface area contributed by atoms with Gasteiger partial charge in [0.15, 0.2) is 6.10 Å². The SMILES string of the molecule is C[C@H](OC(=O)CSc1cc(F)ccc1F)C(=O)Nc1ccccc1[N+](=O)[O-]. The molecule has 0 saturated heterocycles. The van der Waals surface area contributed by atoms with Crippen LogP contribution in [-0.4, -0.2) is 28.7 Å². The number of anilines is 1. The largest absolute Gasteiger partial charge is 0.452 e. The molecule has 27 heavy (non-hydrogen) atoms. The fraction of sp³-hybridized carbons (Fsp3) is 0.176. The maximum atomic E-state index is 13.5. The van der Waals surface area contributed by atoms with Gasteiger partial charge in [0.05, 0.1) is 10.7 Å². The predicted octanol–water partition coefficient (Wildman–Crippen LogP) is 3.54. The van der Waals surface area contributed by atoms with Gasteiger partial charge in [-0.2, -0.15) is 0 Å². The van der Waals surface area contributed by atoms with Gasteiger partial charge in [0, 0.05) is 11.0 Å². The zero-order valence-corrected chi connectivity index (χ0v) is 14.8. The van der Waals surface area contributed by atoms with Gasteiger partial charge < -0.3 is 10.1 Å². The Morgan fingerprint density at radius 1 is 1.26 bits per heavy atom. The molecule has 0 saturated carbocycles. The van der Waals surface area contributed by atoms with Crippen LogP contribution in [0, 0.1) is 21.7 Å². The van der Waals surface area contributed by atoms with Crippen molar-refractivity contribution in [1.29, 1.82) is 0 Å². The Bertz CT molecular complexity index is 878. The lowest BCUT2D eigenvalue weighted by Gasteiger charge is -2.13. The van der Waals surface area contributed by atoms with Gasteiger partial charge in [-0.05, 0) is 31.2 Å². The highest BCUT2D eigenvalue weighted by atomic mass is 32.2. The summed E-state index contributed by atoms with van der Waals surface area (Å²) in [5.41, 5.74) is -0.340. The van der Waals surface area contributed by atoms with Gasteiger partial charge in [0.25, 0.3) is 11.6 Å². The van der Waals surface area contributed by atoms with Gasteiger partial charge in [-0.3, -0.25) is 19.7 Å². The number of ether oxygens (including phenoxy) is 1. The van der Waals surface area contributed by atoms with Crippen molar-refractivity contribution in [3.8, 4) is 0 Å². The molecule has 10 heteroatoms. The van der Waals surface area contributed by atoms with Crippen molar-refractivity contribution >= 4 is 35.0 Å². The Labute approximate surface area is 156 Å². The summed E-state index contributed by atoms with van der Waals surface area (Å²) in [5.74, 6) is -3.27. The molecule has 0 bridgehead atoms. The molecular formula is C17H14F2N2O5S. The van der Waals surface area contributed by atoms with E-state index in [2.05, 4.69) is 5.32 Å². The Balaban J connectivity index is 1.91. The minimum Gasteiger partial charge on any atom is -0.452 e. The Hall–Kier alpha value is -3.01. The van der Waals surface area contributed by atoms with Crippen molar-refractivity contribution in [3.63, 3.8) is 0 Å². The summed E-state index contributed by atoms with van der Waals surface area (Å²) < 4.78 is 31.5. The molecule has 0 heterocycles. The summed E-state index contributed by atoms with van der Waals surface area (Å²) in [5, 5.41) is 13.2. The predicted molar refractivity (Wildman–Crippen MR) is 94.4 cm³/mol. The number of rotatable bonds is 7. The molecule has 0 fully saturated rings. The number of nitrogens with one attached hydrogen (secondary N) is 1. The minimum absolute atomic E-state index is 0.0356. The van der Waals surface area contributed by atoms with E-state index < -0.39 is 34.5 Å². The van der Waals surface area contributed by atoms with Crippen LogP contribution in [0.2, 0.25) is 0 Å². The number of benzene rings is 2. The number of nitro groups is 1. The van der Waals surface area contributed by atoms with E-state index in [1.54, 1.807) is 0 Å². The number of carbonyl (C=O) groups is 2. The van der Waals surface area contributed by atoms with Gasteiger partial charge in [-0.15, -0.1) is 11.8 Å². The second kappa shape index (κ2) is 9.08. The molecule has 0 aliphatic heterocycles. The quantitative estimate of drug-likeness (QED) is 0.333. The minimum atomic E-state index is -1.24. The molecule has 2 aromatic carbocycles. The number of thioether (sulfide) groups is 1. The van der Waals surface area contributed by atoms with Gasteiger partial charge in [0.2, 0.25) is 0 Å². The summed E-state index contributed by atoms with van der Waals surface area (Å²) in [6.07, 6.45) is -1.24. The van der Waals surface area contributed by atoms with E-state index >= 15 is 0 Å². The second-order valence-corrected chi connectivity index (χ2v) is 6.28. The molecule has 1 atom stereocenters. The van der Waals surface area contributed by atoms with Crippen LogP contribution in [0.15, 0.2) is 47.4 Å². The van der Waals surface area contributed by atoms with Gasteiger partial charge in [-0.25, -0.2) is 8.78 Å². The number of hydrogen-bond donors (Lipinski definition) is 1. The molecule has 142 valence electrons. The standard InChI is InChI=1S/C17H14F2N2O5S/c1-10(17(23)20-13-4-2-3-5-14(13)21(24)25)26-16(22)9-27-15-8-11(18)6-7-12(15)19/h2-8,10H,9H2,1H3,(H,20,23)/t10-/m0/s1. The van der Waals surface area contributed by atoms with Crippen LogP contribution < -0.4 is 5.32 Å². The fourth-order valence-corrected chi connectivity index (χ4v) is 2.73. The zero-order chi connectivity index (χ0) is 20.0. The monoisotopic (exact) mass is 396 g/mol. The van der Waals surface area contributed by atoms with E-state index in [-0.39, 0.29) is 22.0 Å². The normalized spacial score (nSPS) is 11.5. The molecule has 0 radical (unpaired) electrons. The topological polar surface area (TPSA) is 98.5 Å². The van der Waals surface area contributed by atoms with Crippen LogP contribution in [0.25, 0.3) is 0 Å². The third-order valence-corrected chi connectivity index (χ3v) is 4.28. The highest BCUT2D eigenvalue weighted by Gasteiger charge is 2.21. The van der Waals surface area contributed by atoms with Crippen molar-refractivity contribution in [2.75, 3.05) is 11.1 Å². The molecule has 0 spiro atoms. The van der Waals surface area contributed by atoms with Crippen LogP contribution in [0.4, 0.5) is 20.2 Å². The Kier molecular flexibility index (Phi) is 6.83. The third-order valence-electron chi connectivity index (χ3n) is 3.27. The second-order valence-electron chi connectivity index (χ2n) is 5.26. The molecule has 1 N–H and O–H groups in total. The highest BCUT2D eigenvalue weighted by molar-refractivity contribution is 8.00. The number of nitrogens with zero attached hydrogens (tertiary/aromatic N) is 1. The Morgan fingerprint density at radius 3 is 2.67 bits per heavy atom. The summed E-state index contributed by atoms with van der Waals surface area (Å²) >= 11 is 0.723. The van der Waals surface area contributed by atoms with E-state index in [1.807, 2.05) is 0 Å². The van der Waals surface area contributed by atoms with Gasteiger partial charge >= 0.3 is 5.97 Å². The van der Waals surface area contributed by atoms with E-state index in [1.165, 1.54) is 31.2 Å². The highest BCUT2D eigenvalue weighted by Crippen LogP contribution is 2.24.